The highest BCUT2D eigenvalue weighted by molar-refractivity contribution is 7.07. The molecule has 1 aliphatic carbocycles. The molecular weight excluding hydrogens is 226 g/mol. The summed E-state index contributed by atoms with van der Waals surface area (Å²) < 4.78 is 0. The molecule has 0 radical (unpaired) electrons. The Labute approximate surface area is 110 Å². The molecule has 0 spiro atoms. The maximum atomic E-state index is 3.66. The molecule has 0 amide bonds. The third-order valence-corrected chi connectivity index (χ3v) is 4.81. The van der Waals surface area contributed by atoms with Gasteiger partial charge in [-0.3, -0.25) is 0 Å². The maximum absolute atomic E-state index is 3.66. The zero-order valence-corrected chi connectivity index (χ0v) is 12.0. The van der Waals surface area contributed by atoms with Gasteiger partial charge in [0.25, 0.3) is 0 Å². The third kappa shape index (κ3) is 3.82. The van der Waals surface area contributed by atoms with E-state index in [0.717, 1.165) is 0 Å². The van der Waals surface area contributed by atoms with Gasteiger partial charge in [0.15, 0.2) is 0 Å². The minimum Gasteiger partial charge on any atom is -0.314 e. The molecule has 0 saturated heterocycles. The van der Waals surface area contributed by atoms with Crippen LogP contribution in [0.4, 0.5) is 0 Å². The van der Waals surface area contributed by atoms with E-state index in [1.807, 2.05) is 11.3 Å². The molecule has 1 aromatic rings. The average Bonchev–Trinajstić information content (AvgIpc) is 2.96. The highest BCUT2D eigenvalue weighted by Crippen LogP contribution is 2.41. The van der Waals surface area contributed by atoms with Crippen LogP contribution in [0.25, 0.3) is 0 Å². The monoisotopic (exact) mass is 251 g/mol. The lowest BCUT2D eigenvalue weighted by Crippen LogP contribution is -2.36. The van der Waals surface area contributed by atoms with Crippen LogP contribution in [0, 0.1) is 5.41 Å². The molecule has 2 rings (SSSR count). The second-order valence-corrected chi connectivity index (χ2v) is 6.65. The molecule has 0 aromatic carbocycles. The highest BCUT2D eigenvalue weighted by atomic mass is 32.1. The summed E-state index contributed by atoms with van der Waals surface area (Å²) >= 11 is 1.82. The molecule has 0 aliphatic heterocycles. The van der Waals surface area contributed by atoms with Crippen molar-refractivity contribution in [3.63, 3.8) is 0 Å². The summed E-state index contributed by atoms with van der Waals surface area (Å²) in [7, 11) is 0. The predicted octanol–water partition coefficient (Wildman–Crippen LogP) is 4.24. The Morgan fingerprint density at radius 3 is 2.71 bits per heavy atom. The fourth-order valence-corrected chi connectivity index (χ4v) is 3.61. The van der Waals surface area contributed by atoms with E-state index in [9.17, 15) is 0 Å². The number of nitrogens with one attached hydrogen (secondary N) is 1. The van der Waals surface area contributed by atoms with Crippen molar-refractivity contribution in [2.45, 2.75) is 58.4 Å². The summed E-state index contributed by atoms with van der Waals surface area (Å²) in [6.45, 7) is 5.72. The number of rotatable bonds is 6. The number of aryl methyl sites for hydroxylation is 1. The maximum Gasteiger partial charge on any atom is 0.00106 e. The van der Waals surface area contributed by atoms with Gasteiger partial charge in [-0.2, -0.15) is 11.3 Å². The summed E-state index contributed by atoms with van der Waals surface area (Å²) in [5.41, 5.74) is 2.12. The van der Waals surface area contributed by atoms with Gasteiger partial charge in [-0.25, -0.2) is 0 Å². The zero-order chi connectivity index (χ0) is 12.1. The van der Waals surface area contributed by atoms with Crippen LogP contribution >= 0.6 is 11.3 Å². The van der Waals surface area contributed by atoms with Crippen molar-refractivity contribution in [2.75, 3.05) is 6.54 Å². The topological polar surface area (TPSA) is 12.0 Å². The summed E-state index contributed by atoms with van der Waals surface area (Å²) in [5.74, 6) is 0. The SMILES string of the molecule is CC(C)NCC1(CCc2ccsc2)CCCC1. The Bertz CT molecular complexity index is 310. The molecule has 2 heteroatoms. The molecular formula is C15H25NS. The van der Waals surface area contributed by atoms with Crippen molar-refractivity contribution in [1.29, 1.82) is 0 Å². The van der Waals surface area contributed by atoms with Crippen molar-refractivity contribution in [1.82, 2.24) is 5.32 Å². The largest absolute Gasteiger partial charge is 0.314 e. The zero-order valence-electron chi connectivity index (χ0n) is 11.2. The van der Waals surface area contributed by atoms with Gasteiger partial charge in [-0.1, -0.05) is 26.7 Å². The van der Waals surface area contributed by atoms with Gasteiger partial charge in [-0.15, -0.1) is 0 Å². The van der Waals surface area contributed by atoms with Crippen LogP contribution in [0.5, 0.6) is 0 Å². The molecule has 1 N–H and O–H groups in total. The van der Waals surface area contributed by atoms with Crippen molar-refractivity contribution < 1.29 is 0 Å². The van der Waals surface area contributed by atoms with Gasteiger partial charge in [-0.05, 0) is 53.5 Å². The second kappa shape index (κ2) is 6.01. The quantitative estimate of drug-likeness (QED) is 0.797. The van der Waals surface area contributed by atoms with Crippen LogP contribution in [-0.2, 0) is 6.42 Å². The van der Waals surface area contributed by atoms with Crippen LogP contribution in [0.2, 0.25) is 0 Å². The lowest BCUT2D eigenvalue weighted by Gasteiger charge is -2.30. The molecule has 1 nitrogen and oxygen atoms in total. The molecule has 0 atom stereocenters. The van der Waals surface area contributed by atoms with Gasteiger partial charge in [0.1, 0.15) is 0 Å². The first kappa shape index (κ1) is 13.1. The van der Waals surface area contributed by atoms with Crippen molar-refractivity contribution in [2.24, 2.45) is 5.41 Å². The molecule has 0 unspecified atom stereocenters. The Morgan fingerprint density at radius 2 is 2.12 bits per heavy atom. The number of hydrogen-bond acceptors (Lipinski definition) is 2. The van der Waals surface area contributed by atoms with Crippen molar-refractivity contribution in [3.05, 3.63) is 22.4 Å². The second-order valence-electron chi connectivity index (χ2n) is 5.87. The Hall–Kier alpha value is -0.340. The van der Waals surface area contributed by atoms with E-state index >= 15 is 0 Å². The van der Waals surface area contributed by atoms with Crippen molar-refractivity contribution >= 4 is 11.3 Å². The first-order valence-corrected chi connectivity index (χ1v) is 7.89. The molecule has 1 fully saturated rings. The van der Waals surface area contributed by atoms with E-state index in [1.54, 1.807) is 0 Å². The molecule has 1 saturated carbocycles. The van der Waals surface area contributed by atoms with Gasteiger partial charge >= 0.3 is 0 Å². The lowest BCUT2D eigenvalue weighted by molar-refractivity contribution is 0.250. The van der Waals surface area contributed by atoms with Crippen LogP contribution in [0.1, 0.15) is 51.5 Å². The summed E-state index contributed by atoms with van der Waals surface area (Å²) in [6.07, 6.45) is 8.35. The van der Waals surface area contributed by atoms with Crippen LogP contribution < -0.4 is 5.32 Å². The van der Waals surface area contributed by atoms with Crippen molar-refractivity contribution in [3.8, 4) is 0 Å². The van der Waals surface area contributed by atoms with Gasteiger partial charge < -0.3 is 5.32 Å². The Morgan fingerprint density at radius 1 is 1.35 bits per heavy atom. The highest BCUT2D eigenvalue weighted by Gasteiger charge is 2.33. The third-order valence-electron chi connectivity index (χ3n) is 4.07. The normalized spacial score (nSPS) is 19.0. The average molecular weight is 251 g/mol. The van der Waals surface area contributed by atoms with E-state index in [4.69, 9.17) is 0 Å². The Kier molecular flexibility index (Phi) is 4.63. The van der Waals surface area contributed by atoms with Gasteiger partial charge in [0.05, 0.1) is 0 Å². The molecule has 0 bridgehead atoms. The minimum atomic E-state index is 0.589. The van der Waals surface area contributed by atoms with Crippen LogP contribution in [-0.4, -0.2) is 12.6 Å². The summed E-state index contributed by atoms with van der Waals surface area (Å²) in [5, 5.41) is 8.16. The standard InChI is InChI=1S/C15H25NS/c1-13(2)16-12-15(7-3-4-8-15)9-5-14-6-10-17-11-14/h6,10-11,13,16H,3-5,7-9,12H2,1-2H3. The molecule has 1 heterocycles. The summed E-state index contributed by atoms with van der Waals surface area (Å²) in [6, 6.07) is 2.90. The van der Waals surface area contributed by atoms with Gasteiger partial charge in [0.2, 0.25) is 0 Å². The van der Waals surface area contributed by atoms with E-state index in [2.05, 4.69) is 36.0 Å². The van der Waals surface area contributed by atoms with Crippen LogP contribution in [0.3, 0.4) is 0 Å². The predicted molar refractivity (Wildman–Crippen MR) is 76.7 cm³/mol. The molecule has 1 aromatic heterocycles. The molecule has 96 valence electrons. The lowest BCUT2D eigenvalue weighted by atomic mass is 9.80. The first-order valence-electron chi connectivity index (χ1n) is 6.95. The van der Waals surface area contributed by atoms with Crippen LogP contribution in [0.15, 0.2) is 16.8 Å². The molecule has 17 heavy (non-hydrogen) atoms. The van der Waals surface area contributed by atoms with E-state index < -0.39 is 0 Å². The first-order chi connectivity index (χ1) is 8.20. The number of thiophene rings is 1. The minimum absolute atomic E-state index is 0.589. The van der Waals surface area contributed by atoms with E-state index in [0.29, 0.717) is 11.5 Å². The summed E-state index contributed by atoms with van der Waals surface area (Å²) in [4.78, 5) is 0. The van der Waals surface area contributed by atoms with E-state index in [-0.39, 0.29) is 0 Å². The fourth-order valence-electron chi connectivity index (χ4n) is 2.91. The van der Waals surface area contributed by atoms with E-state index in [1.165, 1.54) is 50.6 Å². The smallest absolute Gasteiger partial charge is 0.00106 e. The number of hydrogen-bond donors (Lipinski definition) is 1. The fraction of sp³-hybridized carbons (Fsp3) is 0.733. The molecule has 1 aliphatic rings. The Balaban J connectivity index is 1.87. The van der Waals surface area contributed by atoms with Gasteiger partial charge in [0, 0.05) is 12.6 Å².